The maximum Gasteiger partial charge on any atom is 0.0634 e. The average molecular weight is 166 g/mol. The third-order valence-electron chi connectivity index (χ3n) is 3.08. The monoisotopic (exact) mass is 166 g/mol. The topological polar surface area (TPSA) is 9.23 Å². The fourth-order valence-electron chi connectivity index (χ4n) is 2.63. The van der Waals surface area contributed by atoms with Gasteiger partial charge in [-0.2, -0.15) is 0 Å². The largest absolute Gasteiger partial charge is 0.372 e. The molecule has 0 aromatic rings. The molecule has 1 nitrogen and oxygen atoms in total. The SMILES string of the molecule is C=C1CCC2OC(C)(C)CC2C1. The minimum Gasteiger partial charge on any atom is -0.372 e. The minimum atomic E-state index is 0.125. The summed E-state index contributed by atoms with van der Waals surface area (Å²) in [6.45, 7) is 8.47. The molecule has 1 saturated carbocycles. The molecule has 0 spiro atoms. The van der Waals surface area contributed by atoms with Crippen LogP contribution in [0.2, 0.25) is 0 Å². The summed E-state index contributed by atoms with van der Waals surface area (Å²) in [6.07, 6.45) is 5.33. The number of ether oxygens (including phenoxy) is 1. The van der Waals surface area contributed by atoms with E-state index in [4.69, 9.17) is 4.74 Å². The van der Waals surface area contributed by atoms with E-state index < -0.39 is 0 Å². The van der Waals surface area contributed by atoms with Gasteiger partial charge in [-0.15, -0.1) is 0 Å². The van der Waals surface area contributed by atoms with Crippen molar-refractivity contribution in [1.29, 1.82) is 0 Å². The lowest BCUT2D eigenvalue weighted by Crippen LogP contribution is -2.22. The second kappa shape index (κ2) is 2.59. The maximum atomic E-state index is 5.96. The Bertz CT molecular complexity index is 205. The summed E-state index contributed by atoms with van der Waals surface area (Å²) in [7, 11) is 0. The van der Waals surface area contributed by atoms with Gasteiger partial charge in [0.15, 0.2) is 0 Å². The second-order valence-corrected chi connectivity index (χ2v) is 4.87. The van der Waals surface area contributed by atoms with Crippen molar-refractivity contribution in [2.24, 2.45) is 5.92 Å². The predicted molar refractivity (Wildman–Crippen MR) is 50.1 cm³/mol. The summed E-state index contributed by atoms with van der Waals surface area (Å²) >= 11 is 0. The van der Waals surface area contributed by atoms with Gasteiger partial charge in [-0.25, -0.2) is 0 Å². The molecule has 0 radical (unpaired) electrons. The van der Waals surface area contributed by atoms with E-state index in [1.807, 2.05) is 0 Å². The van der Waals surface area contributed by atoms with E-state index in [-0.39, 0.29) is 5.60 Å². The van der Waals surface area contributed by atoms with Crippen LogP contribution in [0.3, 0.4) is 0 Å². The van der Waals surface area contributed by atoms with Crippen LogP contribution in [-0.4, -0.2) is 11.7 Å². The zero-order chi connectivity index (χ0) is 8.77. The van der Waals surface area contributed by atoms with Gasteiger partial charge in [-0.1, -0.05) is 12.2 Å². The van der Waals surface area contributed by atoms with Crippen molar-refractivity contribution in [2.75, 3.05) is 0 Å². The van der Waals surface area contributed by atoms with Gasteiger partial charge in [0.2, 0.25) is 0 Å². The minimum absolute atomic E-state index is 0.125. The molecule has 2 rings (SSSR count). The molecule has 1 aliphatic heterocycles. The Morgan fingerprint density at radius 2 is 2.25 bits per heavy atom. The molecule has 0 amide bonds. The van der Waals surface area contributed by atoms with E-state index in [1.165, 1.54) is 31.3 Å². The van der Waals surface area contributed by atoms with E-state index in [1.54, 1.807) is 0 Å². The molecule has 1 saturated heterocycles. The third-order valence-corrected chi connectivity index (χ3v) is 3.08. The van der Waals surface area contributed by atoms with Crippen LogP contribution in [0, 0.1) is 5.92 Å². The average Bonchev–Trinajstić information content (AvgIpc) is 2.21. The fraction of sp³-hybridized carbons (Fsp3) is 0.818. The predicted octanol–water partition coefficient (Wildman–Crippen LogP) is 2.91. The number of fused-ring (bicyclic) bond motifs is 1. The van der Waals surface area contributed by atoms with E-state index in [9.17, 15) is 0 Å². The summed E-state index contributed by atoms with van der Waals surface area (Å²) in [6, 6.07) is 0. The van der Waals surface area contributed by atoms with Gasteiger partial charge in [0, 0.05) is 0 Å². The number of rotatable bonds is 0. The Kier molecular flexibility index (Phi) is 1.80. The van der Waals surface area contributed by atoms with Crippen molar-refractivity contribution < 1.29 is 4.74 Å². The van der Waals surface area contributed by atoms with Crippen molar-refractivity contribution in [3.63, 3.8) is 0 Å². The summed E-state index contributed by atoms with van der Waals surface area (Å²) in [5, 5.41) is 0. The molecule has 0 N–H and O–H groups in total. The Morgan fingerprint density at radius 1 is 1.50 bits per heavy atom. The molecular formula is C11H18O. The van der Waals surface area contributed by atoms with Crippen LogP contribution in [0.15, 0.2) is 12.2 Å². The molecular weight excluding hydrogens is 148 g/mol. The highest BCUT2D eigenvalue weighted by atomic mass is 16.5. The number of hydrogen-bond acceptors (Lipinski definition) is 1. The van der Waals surface area contributed by atoms with Crippen LogP contribution in [0.25, 0.3) is 0 Å². The zero-order valence-electron chi connectivity index (χ0n) is 8.10. The first-order valence-electron chi connectivity index (χ1n) is 4.91. The van der Waals surface area contributed by atoms with Crippen LogP contribution in [0.1, 0.15) is 39.5 Å². The van der Waals surface area contributed by atoms with Crippen LogP contribution in [-0.2, 0) is 4.74 Å². The maximum absolute atomic E-state index is 5.96. The van der Waals surface area contributed by atoms with Crippen LogP contribution in [0.4, 0.5) is 0 Å². The Hall–Kier alpha value is -0.300. The fourth-order valence-corrected chi connectivity index (χ4v) is 2.63. The van der Waals surface area contributed by atoms with E-state index in [0.29, 0.717) is 6.10 Å². The molecule has 2 unspecified atom stereocenters. The highest BCUT2D eigenvalue weighted by Gasteiger charge is 2.41. The molecule has 68 valence electrons. The van der Waals surface area contributed by atoms with Gasteiger partial charge < -0.3 is 4.74 Å². The summed E-state index contributed by atoms with van der Waals surface area (Å²) in [5.41, 5.74) is 1.55. The molecule has 2 fully saturated rings. The van der Waals surface area contributed by atoms with E-state index in [0.717, 1.165) is 5.92 Å². The van der Waals surface area contributed by atoms with Crippen molar-refractivity contribution in [3.05, 3.63) is 12.2 Å². The molecule has 1 heterocycles. The lowest BCUT2D eigenvalue weighted by Gasteiger charge is -2.25. The molecule has 1 aliphatic carbocycles. The highest BCUT2D eigenvalue weighted by Crippen LogP contribution is 2.43. The molecule has 0 aromatic carbocycles. The molecule has 2 aliphatic rings. The van der Waals surface area contributed by atoms with E-state index >= 15 is 0 Å². The van der Waals surface area contributed by atoms with Crippen molar-refractivity contribution in [2.45, 2.75) is 51.2 Å². The first-order valence-corrected chi connectivity index (χ1v) is 4.91. The lowest BCUT2D eigenvalue weighted by atomic mass is 9.81. The molecule has 0 bridgehead atoms. The Morgan fingerprint density at radius 3 is 3.00 bits per heavy atom. The second-order valence-electron chi connectivity index (χ2n) is 4.87. The van der Waals surface area contributed by atoms with Crippen molar-refractivity contribution in [3.8, 4) is 0 Å². The Labute approximate surface area is 74.8 Å². The molecule has 0 aromatic heterocycles. The standard InChI is InChI=1S/C11H18O/c1-8-4-5-10-9(6-8)7-11(2,3)12-10/h9-10H,1,4-7H2,2-3H3. The van der Waals surface area contributed by atoms with Crippen molar-refractivity contribution in [1.82, 2.24) is 0 Å². The first-order chi connectivity index (χ1) is 5.57. The van der Waals surface area contributed by atoms with Crippen molar-refractivity contribution >= 4 is 0 Å². The van der Waals surface area contributed by atoms with Gasteiger partial charge in [-0.3, -0.25) is 0 Å². The summed E-state index contributed by atoms with van der Waals surface area (Å²) in [5.74, 6) is 0.765. The Balaban J connectivity index is 2.07. The van der Waals surface area contributed by atoms with Gasteiger partial charge in [0.05, 0.1) is 11.7 Å². The smallest absolute Gasteiger partial charge is 0.0634 e. The summed E-state index contributed by atoms with van der Waals surface area (Å²) < 4.78 is 5.96. The quantitative estimate of drug-likeness (QED) is 0.503. The molecule has 12 heavy (non-hydrogen) atoms. The summed E-state index contributed by atoms with van der Waals surface area (Å²) in [4.78, 5) is 0. The van der Waals surface area contributed by atoms with Crippen LogP contribution in [0.5, 0.6) is 0 Å². The van der Waals surface area contributed by atoms with Gasteiger partial charge >= 0.3 is 0 Å². The zero-order valence-corrected chi connectivity index (χ0v) is 8.10. The molecule has 1 heteroatoms. The van der Waals surface area contributed by atoms with Gasteiger partial charge in [0.25, 0.3) is 0 Å². The van der Waals surface area contributed by atoms with Crippen LogP contribution >= 0.6 is 0 Å². The third kappa shape index (κ3) is 1.42. The highest BCUT2D eigenvalue weighted by molar-refractivity contribution is 5.05. The van der Waals surface area contributed by atoms with E-state index in [2.05, 4.69) is 20.4 Å². The number of hydrogen-bond donors (Lipinski definition) is 0. The number of allylic oxidation sites excluding steroid dienone is 1. The van der Waals surface area contributed by atoms with Gasteiger partial charge in [-0.05, 0) is 45.4 Å². The molecule has 2 atom stereocenters. The first kappa shape index (κ1) is 8.31. The lowest BCUT2D eigenvalue weighted by molar-refractivity contribution is -0.0269. The van der Waals surface area contributed by atoms with Gasteiger partial charge in [0.1, 0.15) is 0 Å². The normalized spacial score (nSPS) is 39.7. The van der Waals surface area contributed by atoms with Crippen LogP contribution < -0.4 is 0 Å².